The molecule has 3 rings (SSSR count). The zero-order valence-electron chi connectivity index (χ0n) is 12.3. The lowest BCUT2D eigenvalue weighted by molar-refractivity contribution is 0.0183. The molecule has 0 bridgehead atoms. The molecule has 0 radical (unpaired) electrons. The number of morpholine rings is 1. The van der Waals surface area contributed by atoms with Gasteiger partial charge in [0.05, 0.1) is 20.3 Å². The summed E-state index contributed by atoms with van der Waals surface area (Å²) in [5.41, 5.74) is 1.29. The molecule has 20 heavy (non-hydrogen) atoms. The zero-order chi connectivity index (χ0) is 13.8. The molecule has 2 aliphatic heterocycles. The molecule has 1 aromatic carbocycles. The van der Waals surface area contributed by atoms with Crippen LogP contribution in [0.5, 0.6) is 5.75 Å². The predicted molar refractivity (Wildman–Crippen MR) is 79.1 cm³/mol. The van der Waals surface area contributed by atoms with Gasteiger partial charge >= 0.3 is 0 Å². The van der Waals surface area contributed by atoms with Gasteiger partial charge in [-0.3, -0.25) is 9.80 Å². The molecule has 2 heterocycles. The van der Waals surface area contributed by atoms with Crippen LogP contribution in [0, 0.1) is 0 Å². The summed E-state index contributed by atoms with van der Waals surface area (Å²) < 4.78 is 10.9. The minimum atomic E-state index is 0.702. The highest BCUT2D eigenvalue weighted by molar-refractivity contribution is 5.33. The van der Waals surface area contributed by atoms with Gasteiger partial charge in [-0.05, 0) is 12.5 Å². The summed E-state index contributed by atoms with van der Waals surface area (Å²) in [7, 11) is 1.75. The first-order chi connectivity index (χ1) is 9.86. The maximum Gasteiger partial charge on any atom is 0.123 e. The maximum atomic E-state index is 5.45. The highest BCUT2D eigenvalue weighted by atomic mass is 16.5. The summed E-state index contributed by atoms with van der Waals surface area (Å²) in [5.74, 6) is 1.00. The number of nitrogens with zero attached hydrogens (tertiary/aromatic N) is 2. The highest BCUT2D eigenvalue weighted by Crippen LogP contribution is 2.23. The van der Waals surface area contributed by atoms with Crippen LogP contribution in [0.15, 0.2) is 24.3 Å². The van der Waals surface area contributed by atoms with Crippen LogP contribution < -0.4 is 4.74 Å². The van der Waals surface area contributed by atoms with Crippen molar-refractivity contribution in [1.29, 1.82) is 0 Å². The second kappa shape index (κ2) is 6.57. The minimum absolute atomic E-state index is 0.702. The number of benzene rings is 1. The van der Waals surface area contributed by atoms with Gasteiger partial charge in [0, 0.05) is 44.3 Å². The molecule has 0 spiro atoms. The van der Waals surface area contributed by atoms with Gasteiger partial charge in [0.15, 0.2) is 0 Å². The SMILES string of the molecule is COc1ccccc1CN1CC[C@H](N2CCOCC2)C1. The van der Waals surface area contributed by atoms with E-state index in [9.17, 15) is 0 Å². The van der Waals surface area contributed by atoms with Crippen LogP contribution in [0.4, 0.5) is 0 Å². The molecule has 110 valence electrons. The van der Waals surface area contributed by atoms with Crippen LogP contribution in [0.2, 0.25) is 0 Å². The first-order valence-electron chi connectivity index (χ1n) is 7.53. The number of likely N-dealkylation sites (tertiary alicyclic amines) is 1. The molecular formula is C16H24N2O2. The second-order valence-electron chi connectivity index (χ2n) is 5.64. The minimum Gasteiger partial charge on any atom is -0.496 e. The Morgan fingerprint density at radius 2 is 2.00 bits per heavy atom. The maximum absolute atomic E-state index is 5.45. The fourth-order valence-electron chi connectivity index (χ4n) is 3.27. The molecule has 0 aromatic heterocycles. The largest absolute Gasteiger partial charge is 0.496 e. The number of methoxy groups -OCH3 is 1. The molecule has 4 nitrogen and oxygen atoms in total. The average molecular weight is 276 g/mol. The monoisotopic (exact) mass is 276 g/mol. The molecule has 0 unspecified atom stereocenters. The summed E-state index contributed by atoms with van der Waals surface area (Å²) >= 11 is 0. The summed E-state index contributed by atoms with van der Waals surface area (Å²) in [6.07, 6.45) is 1.27. The van der Waals surface area contributed by atoms with Gasteiger partial charge in [-0.1, -0.05) is 18.2 Å². The molecule has 2 aliphatic rings. The molecule has 0 saturated carbocycles. The number of hydrogen-bond donors (Lipinski definition) is 0. The molecule has 2 saturated heterocycles. The van der Waals surface area contributed by atoms with Crippen LogP contribution in [-0.2, 0) is 11.3 Å². The average Bonchev–Trinajstić information content (AvgIpc) is 2.97. The van der Waals surface area contributed by atoms with Crippen molar-refractivity contribution in [1.82, 2.24) is 9.80 Å². The Kier molecular flexibility index (Phi) is 4.55. The van der Waals surface area contributed by atoms with E-state index in [1.165, 1.54) is 18.5 Å². The Morgan fingerprint density at radius 3 is 2.80 bits per heavy atom. The zero-order valence-corrected chi connectivity index (χ0v) is 12.3. The van der Waals surface area contributed by atoms with E-state index in [0.717, 1.165) is 45.1 Å². The van der Waals surface area contributed by atoms with E-state index in [-0.39, 0.29) is 0 Å². The van der Waals surface area contributed by atoms with Gasteiger partial charge in [0.25, 0.3) is 0 Å². The summed E-state index contributed by atoms with van der Waals surface area (Å²) in [6, 6.07) is 9.04. The van der Waals surface area contributed by atoms with E-state index in [1.807, 2.05) is 12.1 Å². The number of rotatable bonds is 4. The van der Waals surface area contributed by atoms with Crippen molar-refractivity contribution >= 4 is 0 Å². The van der Waals surface area contributed by atoms with Gasteiger partial charge in [-0.25, -0.2) is 0 Å². The fraction of sp³-hybridized carbons (Fsp3) is 0.625. The third kappa shape index (κ3) is 3.14. The quantitative estimate of drug-likeness (QED) is 0.834. The fourth-order valence-corrected chi connectivity index (χ4v) is 3.27. The van der Waals surface area contributed by atoms with Gasteiger partial charge in [0.2, 0.25) is 0 Å². The van der Waals surface area contributed by atoms with Crippen LogP contribution in [0.3, 0.4) is 0 Å². The molecule has 2 fully saturated rings. The highest BCUT2D eigenvalue weighted by Gasteiger charge is 2.28. The lowest BCUT2D eigenvalue weighted by Crippen LogP contribution is -2.44. The van der Waals surface area contributed by atoms with E-state index >= 15 is 0 Å². The molecule has 4 heteroatoms. The Labute approximate surface area is 121 Å². The van der Waals surface area contributed by atoms with E-state index in [4.69, 9.17) is 9.47 Å². The number of para-hydroxylation sites is 1. The van der Waals surface area contributed by atoms with Crippen molar-refractivity contribution in [3.05, 3.63) is 29.8 Å². The molecule has 1 atom stereocenters. The van der Waals surface area contributed by atoms with E-state index in [2.05, 4.69) is 21.9 Å². The van der Waals surface area contributed by atoms with E-state index < -0.39 is 0 Å². The van der Waals surface area contributed by atoms with Crippen LogP contribution in [0.1, 0.15) is 12.0 Å². The van der Waals surface area contributed by atoms with Crippen molar-refractivity contribution in [2.45, 2.75) is 19.0 Å². The third-order valence-corrected chi connectivity index (χ3v) is 4.40. The molecule has 0 aliphatic carbocycles. The summed E-state index contributed by atoms with van der Waals surface area (Å²) in [4.78, 5) is 5.13. The smallest absolute Gasteiger partial charge is 0.123 e. The van der Waals surface area contributed by atoms with Crippen LogP contribution in [0.25, 0.3) is 0 Å². The van der Waals surface area contributed by atoms with E-state index in [0.29, 0.717) is 6.04 Å². The van der Waals surface area contributed by atoms with Gasteiger partial charge in [0.1, 0.15) is 5.75 Å². The summed E-state index contributed by atoms with van der Waals surface area (Å²) in [5, 5.41) is 0. The Hall–Kier alpha value is -1.10. The molecule has 1 aromatic rings. The van der Waals surface area contributed by atoms with E-state index in [1.54, 1.807) is 7.11 Å². The number of hydrogen-bond acceptors (Lipinski definition) is 4. The van der Waals surface area contributed by atoms with Crippen molar-refractivity contribution in [3.63, 3.8) is 0 Å². The molecule has 0 N–H and O–H groups in total. The van der Waals surface area contributed by atoms with Crippen molar-refractivity contribution in [2.75, 3.05) is 46.5 Å². The first-order valence-corrected chi connectivity index (χ1v) is 7.53. The van der Waals surface area contributed by atoms with Gasteiger partial charge in [-0.2, -0.15) is 0 Å². The summed E-state index contributed by atoms with van der Waals surface area (Å²) in [6.45, 7) is 7.30. The van der Waals surface area contributed by atoms with Crippen molar-refractivity contribution in [3.8, 4) is 5.75 Å². The Bertz CT molecular complexity index is 432. The van der Waals surface area contributed by atoms with Crippen LogP contribution >= 0.6 is 0 Å². The van der Waals surface area contributed by atoms with Gasteiger partial charge < -0.3 is 9.47 Å². The Morgan fingerprint density at radius 1 is 1.20 bits per heavy atom. The first kappa shape index (κ1) is 13.9. The van der Waals surface area contributed by atoms with Crippen LogP contribution in [-0.4, -0.2) is 62.3 Å². The molecule has 0 amide bonds. The lowest BCUT2D eigenvalue weighted by Gasteiger charge is -2.32. The van der Waals surface area contributed by atoms with Crippen molar-refractivity contribution < 1.29 is 9.47 Å². The predicted octanol–water partition coefficient (Wildman–Crippen LogP) is 1.60. The third-order valence-electron chi connectivity index (χ3n) is 4.40. The van der Waals surface area contributed by atoms with Crippen molar-refractivity contribution in [2.24, 2.45) is 0 Å². The number of ether oxygens (including phenoxy) is 2. The second-order valence-corrected chi connectivity index (χ2v) is 5.64. The lowest BCUT2D eigenvalue weighted by atomic mass is 10.2. The standard InChI is InChI=1S/C16H24N2O2/c1-19-16-5-3-2-4-14(16)12-17-7-6-15(13-17)18-8-10-20-11-9-18/h2-5,15H,6-13H2,1H3/t15-/m0/s1. The normalized spacial score (nSPS) is 24.9. The van der Waals surface area contributed by atoms with Gasteiger partial charge in [-0.15, -0.1) is 0 Å². The topological polar surface area (TPSA) is 24.9 Å². The Balaban J connectivity index is 1.57. The molecular weight excluding hydrogens is 252 g/mol.